The third-order valence-electron chi connectivity index (χ3n) is 3.86. The lowest BCUT2D eigenvalue weighted by Gasteiger charge is -2.29. The molecular formula is C14H22N2. The van der Waals surface area contributed by atoms with E-state index in [1.165, 1.54) is 37.7 Å². The van der Waals surface area contributed by atoms with E-state index in [2.05, 4.69) is 12.1 Å². The molecule has 2 rings (SSSR count). The van der Waals surface area contributed by atoms with Gasteiger partial charge in [0, 0.05) is 5.69 Å². The number of nitrogens with two attached hydrogens (primary N) is 2. The van der Waals surface area contributed by atoms with Crippen LogP contribution in [0.5, 0.6) is 0 Å². The van der Waals surface area contributed by atoms with Crippen molar-refractivity contribution in [2.24, 2.45) is 11.7 Å². The van der Waals surface area contributed by atoms with Crippen molar-refractivity contribution in [3.63, 3.8) is 0 Å². The van der Waals surface area contributed by atoms with E-state index < -0.39 is 0 Å². The minimum atomic E-state index is 0.676. The molecule has 1 aromatic rings. The highest BCUT2D eigenvalue weighted by Crippen LogP contribution is 2.38. The largest absolute Gasteiger partial charge is 0.398 e. The summed E-state index contributed by atoms with van der Waals surface area (Å²) < 4.78 is 0. The van der Waals surface area contributed by atoms with Crippen molar-refractivity contribution in [1.82, 2.24) is 0 Å². The molecule has 2 heteroatoms. The van der Waals surface area contributed by atoms with E-state index in [9.17, 15) is 0 Å². The van der Waals surface area contributed by atoms with Crippen LogP contribution in [-0.4, -0.2) is 6.54 Å². The van der Waals surface area contributed by atoms with E-state index in [1.807, 2.05) is 12.1 Å². The van der Waals surface area contributed by atoms with Gasteiger partial charge in [0.15, 0.2) is 0 Å². The zero-order valence-corrected chi connectivity index (χ0v) is 9.86. The van der Waals surface area contributed by atoms with Crippen molar-refractivity contribution in [3.05, 3.63) is 29.8 Å². The molecule has 1 aromatic carbocycles. The van der Waals surface area contributed by atoms with Gasteiger partial charge in [0.05, 0.1) is 0 Å². The van der Waals surface area contributed by atoms with Crippen LogP contribution in [0.4, 0.5) is 5.69 Å². The molecule has 0 atom stereocenters. The molecule has 0 unspecified atom stereocenters. The van der Waals surface area contributed by atoms with Gasteiger partial charge in [0.2, 0.25) is 0 Å². The summed E-state index contributed by atoms with van der Waals surface area (Å²) >= 11 is 0. The first-order chi connectivity index (χ1) is 7.81. The smallest absolute Gasteiger partial charge is 0.0349 e. The predicted molar refractivity (Wildman–Crippen MR) is 69.2 cm³/mol. The second-order valence-corrected chi connectivity index (χ2v) is 4.92. The van der Waals surface area contributed by atoms with Crippen molar-refractivity contribution in [1.29, 1.82) is 0 Å². The number of para-hydroxylation sites is 1. The molecule has 88 valence electrons. The molecule has 16 heavy (non-hydrogen) atoms. The average Bonchev–Trinajstić information content (AvgIpc) is 2.31. The van der Waals surface area contributed by atoms with Crippen LogP contribution in [-0.2, 0) is 0 Å². The lowest BCUT2D eigenvalue weighted by Crippen LogP contribution is -2.17. The molecule has 0 bridgehead atoms. The first-order valence-electron chi connectivity index (χ1n) is 6.35. The van der Waals surface area contributed by atoms with E-state index in [1.54, 1.807) is 0 Å². The van der Waals surface area contributed by atoms with Gasteiger partial charge in [0.1, 0.15) is 0 Å². The van der Waals surface area contributed by atoms with Crippen LogP contribution < -0.4 is 11.5 Å². The van der Waals surface area contributed by atoms with Gasteiger partial charge >= 0.3 is 0 Å². The standard InChI is InChI=1S/C14H22N2/c15-10-9-11-5-7-12(8-6-11)13-3-1-2-4-14(13)16/h1-4,11-12H,5-10,15-16H2. The van der Waals surface area contributed by atoms with Gasteiger partial charge in [-0.1, -0.05) is 18.2 Å². The van der Waals surface area contributed by atoms with Gasteiger partial charge in [-0.3, -0.25) is 0 Å². The summed E-state index contributed by atoms with van der Waals surface area (Å²) in [6, 6.07) is 8.31. The Labute approximate surface area is 98.0 Å². The van der Waals surface area contributed by atoms with Crippen LogP contribution in [0.1, 0.15) is 43.6 Å². The Balaban J connectivity index is 1.96. The molecule has 0 aliphatic heterocycles. The second-order valence-electron chi connectivity index (χ2n) is 4.92. The topological polar surface area (TPSA) is 52.0 Å². The number of hydrogen-bond acceptors (Lipinski definition) is 2. The molecule has 0 saturated heterocycles. The van der Waals surface area contributed by atoms with Crippen molar-refractivity contribution in [3.8, 4) is 0 Å². The van der Waals surface area contributed by atoms with Crippen LogP contribution in [0.15, 0.2) is 24.3 Å². The molecule has 0 amide bonds. The Morgan fingerprint density at radius 1 is 1.06 bits per heavy atom. The minimum absolute atomic E-state index is 0.676. The van der Waals surface area contributed by atoms with Gasteiger partial charge < -0.3 is 11.5 Å². The molecule has 4 N–H and O–H groups in total. The number of nitrogen functional groups attached to an aromatic ring is 1. The SMILES string of the molecule is NCCC1CCC(c2ccccc2N)CC1. The normalized spacial score (nSPS) is 25.6. The summed E-state index contributed by atoms with van der Waals surface area (Å²) in [5.74, 6) is 1.53. The van der Waals surface area contributed by atoms with E-state index in [0.717, 1.165) is 18.2 Å². The first kappa shape index (κ1) is 11.5. The zero-order chi connectivity index (χ0) is 11.4. The molecule has 0 radical (unpaired) electrons. The Bertz CT molecular complexity index is 327. The van der Waals surface area contributed by atoms with Crippen molar-refractivity contribution >= 4 is 5.69 Å². The summed E-state index contributed by atoms with van der Waals surface area (Å²) in [7, 11) is 0. The van der Waals surface area contributed by atoms with E-state index in [4.69, 9.17) is 11.5 Å². The Morgan fingerprint density at radius 2 is 1.75 bits per heavy atom. The van der Waals surface area contributed by atoms with Crippen LogP contribution in [0.25, 0.3) is 0 Å². The highest BCUT2D eigenvalue weighted by Gasteiger charge is 2.22. The van der Waals surface area contributed by atoms with E-state index >= 15 is 0 Å². The molecular weight excluding hydrogens is 196 g/mol. The van der Waals surface area contributed by atoms with E-state index in [0.29, 0.717) is 5.92 Å². The molecule has 1 aliphatic rings. The maximum Gasteiger partial charge on any atom is 0.0349 e. The fraction of sp³-hybridized carbons (Fsp3) is 0.571. The highest BCUT2D eigenvalue weighted by atomic mass is 14.6. The predicted octanol–water partition coefficient (Wildman–Crippen LogP) is 2.89. The lowest BCUT2D eigenvalue weighted by molar-refractivity contribution is 0.314. The fourth-order valence-electron chi connectivity index (χ4n) is 2.88. The third-order valence-corrected chi connectivity index (χ3v) is 3.86. The van der Waals surface area contributed by atoms with Gasteiger partial charge in [-0.05, 0) is 62.1 Å². The minimum Gasteiger partial charge on any atom is -0.398 e. The van der Waals surface area contributed by atoms with Gasteiger partial charge in [0.25, 0.3) is 0 Å². The van der Waals surface area contributed by atoms with Crippen molar-refractivity contribution in [2.45, 2.75) is 38.0 Å². The number of hydrogen-bond donors (Lipinski definition) is 2. The maximum atomic E-state index is 6.02. The Hall–Kier alpha value is -1.02. The molecule has 0 aromatic heterocycles. The number of anilines is 1. The van der Waals surface area contributed by atoms with Crippen LogP contribution in [0.3, 0.4) is 0 Å². The molecule has 1 fully saturated rings. The molecule has 1 aliphatic carbocycles. The maximum absolute atomic E-state index is 6.02. The number of benzene rings is 1. The third kappa shape index (κ3) is 2.56. The van der Waals surface area contributed by atoms with Crippen molar-refractivity contribution < 1.29 is 0 Å². The zero-order valence-electron chi connectivity index (χ0n) is 9.86. The molecule has 0 heterocycles. The summed E-state index contributed by atoms with van der Waals surface area (Å²) in [5, 5.41) is 0. The second kappa shape index (κ2) is 5.35. The van der Waals surface area contributed by atoms with Crippen molar-refractivity contribution in [2.75, 3.05) is 12.3 Å². The molecule has 0 spiro atoms. The molecule has 2 nitrogen and oxygen atoms in total. The Kier molecular flexibility index (Phi) is 3.83. The summed E-state index contributed by atoms with van der Waals surface area (Å²) in [6.07, 6.45) is 6.38. The first-order valence-corrected chi connectivity index (χ1v) is 6.35. The molecule has 1 saturated carbocycles. The van der Waals surface area contributed by atoms with Gasteiger partial charge in [-0.15, -0.1) is 0 Å². The van der Waals surface area contributed by atoms with Gasteiger partial charge in [-0.2, -0.15) is 0 Å². The monoisotopic (exact) mass is 218 g/mol. The van der Waals surface area contributed by atoms with Crippen LogP contribution in [0.2, 0.25) is 0 Å². The summed E-state index contributed by atoms with van der Waals surface area (Å²) in [4.78, 5) is 0. The average molecular weight is 218 g/mol. The highest BCUT2D eigenvalue weighted by molar-refractivity contribution is 5.48. The van der Waals surface area contributed by atoms with Crippen LogP contribution >= 0.6 is 0 Å². The van der Waals surface area contributed by atoms with E-state index in [-0.39, 0.29) is 0 Å². The summed E-state index contributed by atoms with van der Waals surface area (Å²) in [6.45, 7) is 0.836. The number of rotatable bonds is 3. The fourth-order valence-corrected chi connectivity index (χ4v) is 2.88. The quantitative estimate of drug-likeness (QED) is 0.766. The Morgan fingerprint density at radius 3 is 2.38 bits per heavy atom. The lowest BCUT2D eigenvalue weighted by atomic mass is 9.77. The van der Waals surface area contributed by atoms with Crippen LogP contribution in [0, 0.1) is 5.92 Å². The summed E-state index contributed by atoms with van der Waals surface area (Å²) in [5.41, 5.74) is 14.0. The van der Waals surface area contributed by atoms with Gasteiger partial charge in [-0.25, -0.2) is 0 Å².